The number of ether oxygens (including phenoxy) is 3. The van der Waals surface area contributed by atoms with Gasteiger partial charge in [0, 0.05) is 41.3 Å². The Morgan fingerprint density at radius 1 is 1.14 bits per heavy atom. The molecular formula is C28H27N3O5. The molecule has 0 spiro atoms. The van der Waals surface area contributed by atoms with E-state index in [0.29, 0.717) is 13.2 Å². The second-order valence-electron chi connectivity index (χ2n) is 9.13. The Morgan fingerprint density at radius 3 is 2.83 bits per heavy atom. The normalized spacial score (nSPS) is 17.8. The molecule has 0 bridgehead atoms. The zero-order valence-corrected chi connectivity index (χ0v) is 20.2. The Kier molecular flexibility index (Phi) is 5.44. The molecule has 8 heteroatoms. The summed E-state index contributed by atoms with van der Waals surface area (Å²) < 4.78 is 19.7. The molecule has 2 aliphatic heterocycles. The number of para-hydroxylation sites is 1. The summed E-state index contributed by atoms with van der Waals surface area (Å²) in [4.78, 5) is 16.0. The summed E-state index contributed by atoms with van der Waals surface area (Å²) in [5, 5.41) is 12.7. The zero-order chi connectivity index (χ0) is 24.8. The molecule has 4 aromatic rings. The lowest BCUT2D eigenvalue weighted by Gasteiger charge is -2.15. The Hall–Kier alpha value is -4.20. The van der Waals surface area contributed by atoms with Crippen molar-refractivity contribution >= 4 is 22.7 Å². The number of carboxylic acids is 1. The SMILES string of the molecule is CCc1nc2ccc(OC)cc2n1-c1cccc2c1OC[C@H]2Nc1ccc2c(c1)OC[C@H]2CC(=O)O. The predicted octanol–water partition coefficient (Wildman–Crippen LogP) is 5.09. The summed E-state index contributed by atoms with van der Waals surface area (Å²) >= 11 is 0. The zero-order valence-electron chi connectivity index (χ0n) is 20.2. The van der Waals surface area contributed by atoms with Crippen LogP contribution in [0.25, 0.3) is 16.7 Å². The molecule has 0 saturated carbocycles. The first-order valence-corrected chi connectivity index (χ1v) is 12.1. The Balaban J connectivity index is 1.33. The minimum absolute atomic E-state index is 0.0383. The van der Waals surface area contributed by atoms with E-state index in [1.54, 1.807) is 7.11 Å². The quantitative estimate of drug-likeness (QED) is 0.376. The van der Waals surface area contributed by atoms with Gasteiger partial charge < -0.3 is 24.6 Å². The highest BCUT2D eigenvalue weighted by Gasteiger charge is 2.30. The summed E-state index contributed by atoms with van der Waals surface area (Å²) in [7, 11) is 1.67. The lowest BCUT2D eigenvalue weighted by Crippen LogP contribution is -2.11. The molecule has 0 amide bonds. The molecule has 0 saturated heterocycles. The van der Waals surface area contributed by atoms with E-state index in [1.807, 2.05) is 42.5 Å². The van der Waals surface area contributed by atoms with E-state index in [0.717, 1.165) is 63.0 Å². The average Bonchev–Trinajstić information content (AvgIpc) is 3.58. The lowest BCUT2D eigenvalue weighted by atomic mass is 9.97. The molecular weight excluding hydrogens is 458 g/mol. The number of fused-ring (bicyclic) bond motifs is 3. The van der Waals surface area contributed by atoms with Gasteiger partial charge in [0.25, 0.3) is 0 Å². The third kappa shape index (κ3) is 3.69. The highest BCUT2D eigenvalue weighted by atomic mass is 16.5. The van der Waals surface area contributed by atoms with Crippen LogP contribution in [0.4, 0.5) is 5.69 Å². The van der Waals surface area contributed by atoms with Crippen molar-refractivity contribution in [3.63, 3.8) is 0 Å². The molecule has 2 N–H and O–H groups in total. The van der Waals surface area contributed by atoms with Crippen LogP contribution in [0.1, 0.15) is 42.3 Å². The first-order chi connectivity index (χ1) is 17.6. The number of hydrogen-bond donors (Lipinski definition) is 2. The van der Waals surface area contributed by atoms with E-state index >= 15 is 0 Å². The van der Waals surface area contributed by atoms with Gasteiger partial charge in [0.2, 0.25) is 0 Å². The number of aliphatic carboxylic acids is 1. The van der Waals surface area contributed by atoms with Crippen molar-refractivity contribution in [3.05, 3.63) is 71.5 Å². The third-order valence-corrected chi connectivity index (χ3v) is 6.94. The minimum Gasteiger partial charge on any atom is -0.497 e. The molecule has 0 aliphatic carbocycles. The van der Waals surface area contributed by atoms with Crippen LogP contribution in [0.2, 0.25) is 0 Å². The molecule has 184 valence electrons. The van der Waals surface area contributed by atoms with Crippen LogP contribution in [0.15, 0.2) is 54.6 Å². The first-order valence-electron chi connectivity index (χ1n) is 12.1. The van der Waals surface area contributed by atoms with E-state index in [9.17, 15) is 4.79 Å². The number of hydrogen-bond acceptors (Lipinski definition) is 6. The van der Waals surface area contributed by atoms with Gasteiger partial charge in [-0.15, -0.1) is 0 Å². The predicted molar refractivity (Wildman–Crippen MR) is 136 cm³/mol. The van der Waals surface area contributed by atoms with Gasteiger partial charge in [-0.1, -0.05) is 25.1 Å². The number of carbonyl (C=O) groups is 1. The van der Waals surface area contributed by atoms with Crippen molar-refractivity contribution < 1.29 is 24.1 Å². The fourth-order valence-electron chi connectivity index (χ4n) is 5.21. The summed E-state index contributed by atoms with van der Waals surface area (Å²) in [5.74, 6) is 2.39. The molecule has 2 atom stereocenters. The van der Waals surface area contributed by atoms with Gasteiger partial charge in [-0.05, 0) is 24.3 Å². The summed E-state index contributed by atoms with van der Waals surface area (Å²) in [6, 6.07) is 18.0. The van der Waals surface area contributed by atoms with Crippen LogP contribution in [0, 0.1) is 0 Å². The van der Waals surface area contributed by atoms with Crippen LogP contribution in [-0.4, -0.2) is 41.0 Å². The molecule has 6 rings (SSSR count). The first kappa shape index (κ1) is 22.3. The van der Waals surface area contributed by atoms with Crippen LogP contribution in [0.5, 0.6) is 17.2 Å². The standard InChI is InChI=1S/C28H27N3O5/c1-3-26-30-21-10-8-18(34-2)13-24(21)31(26)23-6-4-5-20-22(15-36-28(20)23)29-17-7-9-19-16(11-27(32)33)14-35-25(19)12-17/h4-10,12-13,16,22,29H,3,11,14-15H2,1-2H3,(H,32,33)/t16-,22-/m1/s1. The van der Waals surface area contributed by atoms with Crippen LogP contribution in [-0.2, 0) is 11.2 Å². The number of aromatic nitrogens is 2. The van der Waals surface area contributed by atoms with E-state index in [-0.39, 0.29) is 18.4 Å². The number of nitrogens with zero attached hydrogens (tertiary/aromatic N) is 2. The molecule has 3 heterocycles. The maximum atomic E-state index is 11.1. The molecule has 0 unspecified atom stereocenters. The van der Waals surface area contributed by atoms with Gasteiger partial charge in [0.15, 0.2) is 0 Å². The van der Waals surface area contributed by atoms with Crippen molar-refractivity contribution in [2.45, 2.75) is 31.7 Å². The molecule has 2 aliphatic rings. The number of carboxylic acid groups (broad SMARTS) is 1. The molecule has 36 heavy (non-hydrogen) atoms. The minimum atomic E-state index is -0.815. The second-order valence-corrected chi connectivity index (χ2v) is 9.13. The average molecular weight is 486 g/mol. The fourth-order valence-corrected chi connectivity index (χ4v) is 5.21. The summed E-state index contributed by atoms with van der Waals surface area (Å²) in [6.07, 6.45) is 0.848. The number of benzene rings is 3. The second kappa shape index (κ2) is 8.78. The van der Waals surface area contributed by atoms with Crippen molar-refractivity contribution in [2.75, 3.05) is 25.6 Å². The fraction of sp³-hybridized carbons (Fsp3) is 0.286. The van der Waals surface area contributed by atoms with Gasteiger partial charge in [-0.3, -0.25) is 9.36 Å². The molecule has 1 aromatic heterocycles. The summed E-state index contributed by atoms with van der Waals surface area (Å²) in [6.45, 7) is 2.98. The lowest BCUT2D eigenvalue weighted by molar-refractivity contribution is -0.137. The largest absolute Gasteiger partial charge is 0.497 e. The number of aryl methyl sites for hydroxylation is 1. The van der Waals surface area contributed by atoms with E-state index in [2.05, 4.69) is 28.9 Å². The van der Waals surface area contributed by atoms with Crippen molar-refractivity contribution in [1.82, 2.24) is 9.55 Å². The molecule has 3 aromatic carbocycles. The van der Waals surface area contributed by atoms with Gasteiger partial charge in [-0.2, -0.15) is 0 Å². The Labute approximate surface area is 208 Å². The monoisotopic (exact) mass is 485 g/mol. The van der Waals surface area contributed by atoms with Gasteiger partial charge in [-0.25, -0.2) is 4.98 Å². The molecule has 0 radical (unpaired) electrons. The van der Waals surface area contributed by atoms with E-state index in [4.69, 9.17) is 24.3 Å². The molecule has 8 nitrogen and oxygen atoms in total. The number of imidazole rings is 1. The third-order valence-electron chi connectivity index (χ3n) is 6.94. The van der Waals surface area contributed by atoms with Crippen LogP contribution >= 0.6 is 0 Å². The number of nitrogens with one attached hydrogen (secondary N) is 1. The van der Waals surface area contributed by atoms with Crippen molar-refractivity contribution in [2.24, 2.45) is 0 Å². The Morgan fingerprint density at radius 2 is 2.03 bits per heavy atom. The van der Waals surface area contributed by atoms with Crippen molar-refractivity contribution in [1.29, 1.82) is 0 Å². The Bertz CT molecular complexity index is 1480. The van der Waals surface area contributed by atoms with Gasteiger partial charge in [0.05, 0.1) is 42.9 Å². The molecule has 0 fully saturated rings. The maximum Gasteiger partial charge on any atom is 0.304 e. The highest BCUT2D eigenvalue weighted by molar-refractivity contribution is 5.81. The number of methoxy groups -OCH3 is 1. The van der Waals surface area contributed by atoms with Crippen LogP contribution < -0.4 is 19.5 Å². The van der Waals surface area contributed by atoms with Crippen molar-refractivity contribution in [3.8, 4) is 22.9 Å². The number of rotatable bonds is 7. The highest BCUT2D eigenvalue weighted by Crippen LogP contribution is 2.42. The van der Waals surface area contributed by atoms with E-state index < -0.39 is 5.97 Å². The topological polar surface area (TPSA) is 94.8 Å². The summed E-state index contributed by atoms with van der Waals surface area (Å²) in [5.41, 5.74) is 5.78. The number of anilines is 1. The van der Waals surface area contributed by atoms with Gasteiger partial charge in [0.1, 0.15) is 29.7 Å². The van der Waals surface area contributed by atoms with Gasteiger partial charge >= 0.3 is 5.97 Å². The smallest absolute Gasteiger partial charge is 0.304 e. The van der Waals surface area contributed by atoms with Crippen LogP contribution in [0.3, 0.4) is 0 Å². The van der Waals surface area contributed by atoms with E-state index in [1.165, 1.54) is 0 Å². The maximum absolute atomic E-state index is 11.1.